The van der Waals surface area contributed by atoms with Crippen molar-refractivity contribution in [2.45, 2.75) is 18.9 Å². The first-order valence-corrected chi connectivity index (χ1v) is 7.38. The highest BCUT2D eigenvalue weighted by molar-refractivity contribution is 6.04. The van der Waals surface area contributed by atoms with E-state index in [1.165, 1.54) is 0 Å². The van der Waals surface area contributed by atoms with Crippen molar-refractivity contribution in [2.75, 3.05) is 0 Å². The third kappa shape index (κ3) is 2.20. The van der Waals surface area contributed by atoms with E-state index < -0.39 is 5.97 Å². The molecule has 0 spiro atoms. The van der Waals surface area contributed by atoms with Crippen LogP contribution in [0, 0.1) is 17.8 Å². The average molecular weight is 297 g/mol. The van der Waals surface area contributed by atoms with Gasteiger partial charge in [0.25, 0.3) is 5.91 Å². The van der Waals surface area contributed by atoms with Crippen LogP contribution in [-0.4, -0.2) is 33.0 Å². The van der Waals surface area contributed by atoms with Gasteiger partial charge in [-0.05, 0) is 42.9 Å². The average Bonchev–Trinajstić information content (AvgIpc) is 3.40. The van der Waals surface area contributed by atoms with Gasteiger partial charge in [-0.2, -0.15) is 0 Å². The first-order chi connectivity index (χ1) is 10.6. The predicted molar refractivity (Wildman–Crippen MR) is 78.1 cm³/mol. The van der Waals surface area contributed by atoms with Crippen LogP contribution in [0.2, 0.25) is 0 Å². The minimum absolute atomic E-state index is 0.0792. The summed E-state index contributed by atoms with van der Waals surface area (Å²) in [5.74, 6) is -0.614. The van der Waals surface area contributed by atoms with Gasteiger partial charge in [-0.3, -0.25) is 19.6 Å². The van der Waals surface area contributed by atoms with E-state index in [1.807, 2.05) is 6.07 Å². The van der Waals surface area contributed by atoms with Gasteiger partial charge in [0.2, 0.25) is 0 Å². The van der Waals surface area contributed by atoms with Gasteiger partial charge >= 0.3 is 5.97 Å². The van der Waals surface area contributed by atoms with Crippen molar-refractivity contribution in [3.8, 4) is 0 Å². The molecular formula is C16H15N3O3. The summed E-state index contributed by atoms with van der Waals surface area (Å²) in [6, 6.07) is 5.46. The number of fused-ring (bicyclic) bond motifs is 1. The number of aliphatic carboxylic acids is 1. The molecule has 112 valence electrons. The highest BCUT2D eigenvalue weighted by atomic mass is 16.4. The van der Waals surface area contributed by atoms with Crippen LogP contribution in [0.25, 0.3) is 10.9 Å². The predicted octanol–water partition coefficient (Wildman–Crippen LogP) is 1.47. The maximum atomic E-state index is 12.4. The van der Waals surface area contributed by atoms with E-state index in [2.05, 4.69) is 15.3 Å². The lowest BCUT2D eigenvalue weighted by atomic mass is 10.2. The van der Waals surface area contributed by atoms with Crippen molar-refractivity contribution in [1.82, 2.24) is 15.3 Å². The van der Waals surface area contributed by atoms with Gasteiger partial charge in [-0.15, -0.1) is 0 Å². The largest absolute Gasteiger partial charge is 0.481 e. The van der Waals surface area contributed by atoms with E-state index in [0.717, 1.165) is 23.7 Å². The van der Waals surface area contributed by atoms with E-state index in [0.29, 0.717) is 11.6 Å². The van der Waals surface area contributed by atoms with Crippen LogP contribution in [0.3, 0.4) is 0 Å². The molecule has 2 saturated carbocycles. The molecule has 2 aliphatic carbocycles. The van der Waals surface area contributed by atoms with Crippen LogP contribution >= 0.6 is 0 Å². The highest BCUT2D eigenvalue weighted by Gasteiger charge is 2.56. The molecule has 2 N–H and O–H groups in total. The van der Waals surface area contributed by atoms with Crippen LogP contribution < -0.4 is 5.32 Å². The molecule has 0 unspecified atom stereocenters. The standard InChI is InChI=1S/C16H15N3O3/c20-15(14-8-2-1-4-17-12(8)3-5-18-14)19-13-7-10(13)9-6-11(9)16(21)22/h1-5,9-11,13H,6-7H2,(H,19,20)(H,21,22)/t9-,10+,11-,13+/m1/s1. The molecular weight excluding hydrogens is 282 g/mol. The van der Waals surface area contributed by atoms with E-state index >= 15 is 0 Å². The molecule has 0 saturated heterocycles. The van der Waals surface area contributed by atoms with Crippen LogP contribution in [0.15, 0.2) is 30.6 Å². The highest BCUT2D eigenvalue weighted by Crippen LogP contribution is 2.54. The molecule has 0 aromatic carbocycles. The molecule has 1 amide bonds. The molecule has 2 aromatic rings. The Morgan fingerprint density at radius 3 is 2.77 bits per heavy atom. The Balaban J connectivity index is 1.46. The Bertz CT molecular complexity index is 771. The quantitative estimate of drug-likeness (QED) is 0.891. The Hall–Kier alpha value is -2.50. The smallest absolute Gasteiger partial charge is 0.306 e. The van der Waals surface area contributed by atoms with Crippen LogP contribution in [0.1, 0.15) is 23.3 Å². The molecule has 2 fully saturated rings. The lowest BCUT2D eigenvalue weighted by Crippen LogP contribution is -2.28. The number of carbonyl (C=O) groups excluding carboxylic acids is 1. The van der Waals surface area contributed by atoms with Crippen LogP contribution in [0.4, 0.5) is 0 Å². The van der Waals surface area contributed by atoms with Gasteiger partial charge in [0, 0.05) is 23.8 Å². The van der Waals surface area contributed by atoms with Gasteiger partial charge in [-0.1, -0.05) is 0 Å². The van der Waals surface area contributed by atoms with Gasteiger partial charge in [-0.25, -0.2) is 0 Å². The van der Waals surface area contributed by atoms with Crippen molar-refractivity contribution in [3.05, 3.63) is 36.3 Å². The lowest BCUT2D eigenvalue weighted by Gasteiger charge is -2.06. The summed E-state index contributed by atoms with van der Waals surface area (Å²) in [6.07, 6.45) is 4.86. The number of amides is 1. The van der Waals surface area contributed by atoms with Crippen molar-refractivity contribution >= 4 is 22.8 Å². The Morgan fingerprint density at radius 2 is 2.00 bits per heavy atom. The summed E-state index contributed by atoms with van der Waals surface area (Å²) in [6.45, 7) is 0. The number of aromatic nitrogens is 2. The SMILES string of the molecule is O=C(N[C@H]1C[C@H]1[C@H]1C[C@H]1C(=O)O)c1nccc2ncccc12. The second kappa shape index (κ2) is 4.76. The first-order valence-electron chi connectivity index (χ1n) is 7.38. The number of nitrogens with one attached hydrogen (secondary N) is 1. The molecule has 2 aromatic heterocycles. The minimum atomic E-state index is -0.719. The number of nitrogens with zero attached hydrogens (tertiary/aromatic N) is 2. The monoisotopic (exact) mass is 297 g/mol. The topological polar surface area (TPSA) is 92.2 Å². The number of carbonyl (C=O) groups is 2. The molecule has 22 heavy (non-hydrogen) atoms. The second-order valence-electron chi connectivity index (χ2n) is 6.05. The second-order valence-corrected chi connectivity index (χ2v) is 6.05. The molecule has 6 nitrogen and oxygen atoms in total. The molecule has 4 rings (SSSR count). The molecule has 0 radical (unpaired) electrons. The summed E-state index contributed by atoms with van der Waals surface area (Å²) in [7, 11) is 0. The third-order valence-electron chi connectivity index (χ3n) is 4.61. The van der Waals surface area contributed by atoms with E-state index in [4.69, 9.17) is 5.11 Å². The summed E-state index contributed by atoms with van der Waals surface area (Å²) in [5.41, 5.74) is 1.12. The first kappa shape index (κ1) is 13.2. The number of rotatable bonds is 4. The normalized spacial score (nSPS) is 29.1. The zero-order chi connectivity index (χ0) is 15.3. The number of pyridine rings is 2. The Morgan fingerprint density at radius 1 is 1.14 bits per heavy atom. The maximum Gasteiger partial charge on any atom is 0.306 e. The number of carboxylic acid groups (broad SMARTS) is 1. The maximum absolute atomic E-state index is 12.4. The van der Waals surface area contributed by atoms with Crippen molar-refractivity contribution in [2.24, 2.45) is 17.8 Å². The summed E-state index contributed by atoms with van der Waals surface area (Å²) in [5, 5.41) is 12.7. The number of carboxylic acids is 1. The van der Waals surface area contributed by atoms with Gasteiger partial charge in [0.05, 0.1) is 11.4 Å². The van der Waals surface area contributed by atoms with Crippen molar-refractivity contribution in [3.63, 3.8) is 0 Å². The fourth-order valence-electron chi connectivity index (χ4n) is 3.25. The fraction of sp³-hybridized carbons (Fsp3) is 0.375. The number of hydrogen-bond donors (Lipinski definition) is 2. The van der Waals surface area contributed by atoms with Crippen LogP contribution in [-0.2, 0) is 4.79 Å². The Labute approximate surface area is 126 Å². The zero-order valence-electron chi connectivity index (χ0n) is 11.8. The van der Waals surface area contributed by atoms with Gasteiger partial charge < -0.3 is 10.4 Å². The summed E-state index contributed by atoms with van der Waals surface area (Å²) in [4.78, 5) is 31.7. The van der Waals surface area contributed by atoms with E-state index in [-0.39, 0.29) is 23.8 Å². The van der Waals surface area contributed by atoms with Crippen molar-refractivity contribution < 1.29 is 14.7 Å². The molecule has 0 aliphatic heterocycles. The zero-order valence-corrected chi connectivity index (χ0v) is 11.8. The van der Waals surface area contributed by atoms with Crippen LogP contribution in [0.5, 0.6) is 0 Å². The number of hydrogen-bond acceptors (Lipinski definition) is 4. The Kier molecular flexibility index (Phi) is 2.85. The minimum Gasteiger partial charge on any atom is -0.481 e. The lowest BCUT2D eigenvalue weighted by molar-refractivity contribution is -0.138. The summed E-state index contributed by atoms with van der Waals surface area (Å²) >= 11 is 0. The van der Waals surface area contributed by atoms with E-state index in [1.54, 1.807) is 24.5 Å². The van der Waals surface area contributed by atoms with Crippen molar-refractivity contribution in [1.29, 1.82) is 0 Å². The fourth-order valence-corrected chi connectivity index (χ4v) is 3.25. The molecule has 4 atom stereocenters. The molecule has 6 heteroatoms. The summed E-state index contributed by atoms with van der Waals surface area (Å²) < 4.78 is 0. The van der Waals surface area contributed by atoms with Gasteiger partial charge in [0.15, 0.2) is 0 Å². The molecule has 2 heterocycles. The van der Waals surface area contributed by atoms with Gasteiger partial charge in [0.1, 0.15) is 5.69 Å². The molecule has 2 aliphatic rings. The third-order valence-corrected chi connectivity index (χ3v) is 4.61. The molecule has 0 bridgehead atoms. The van der Waals surface area contributed by atoms with E-state index in [9.17, 15) is 9.59 Å².